The summed E-state index contributed by atoms with van der Waals surface area (Å²) in [6.45, 7) is 1.06. The minimum absolute atomic E-state index is 0.340. The summed E-state index contributed by atoms with van der Waals surface area (Å²) >= 11 is 0. The van der Waals surface area contributed by atoms with Gasteiger partial charge in [-0.25, -0.2) is 0 Å². The van der Waals surface area contributed by atoms with Gasteiger partial charge in [-0.3, -0.25) is 0 Å². The van der Waals surface area contributed by atoms with Crippen molar-refractivity contribution >= 4 is 0 Å². The lowest BCUT2D eigenvalue weighted by Crippen LogP contribution is -2.52. The van der Waals surface area contributed by atoms with Gasteiger partial charge in [-0.2, -0.15) is 13.2 Å². The summed E-state index contributed by atoms with van der Waals surface area (Å²) < 4.78 is 36.0. The van der Waals surface area contributed by atoms with E-state index in [1.807, 2.05) is 0 Å². The van der Waals surface area contributed by atoms with E-state index in [1.54, 1.807) is 0 Å². The van der Waals surface area contributed by atoms with E-state index in [0.29, 0.717) is 12.8 Å². The second-order valence-corrected chi connectivity index (χ2v) is 3.05. The monoisotopic (exact) mass is 153 g/mol. The van der Waals surface area contributed by atoms with Gasteiger partial charge in [-0.05, 0) is 25.7 Å². The van der Waals surface area contributed by atoms with E-state index < -0.39 is 11.7 Å². The number of hydrogen-bond donors (Lipinski definition) is 1. The van der Waals surface area contributed by atoms with Gasteiger partial charge in [-0.15, -0.1) is 0 Å². The Kier molecular flexibility index (Phi) is 1.47. The fourth-order valence-corrected chi connectivity index (χ4v) is 0.914. The van der Waals surface area contributed by atoms with Crippen LogP contribution in [0.3, 0.4) is 0 Å². The highest BCUT2D eigenvalue weighted by molar-refractivity contribution is 5.00. The zero-order valence-corrected chi connectivity index (χ0v) is 5.70. The van der Waals surface area contributed by atoms with Crippen LogP contribution >= 0.6 is 0 Å². The maximum Gasteiger partial charge on any atom is 0.406 e. The average molecular weight is 153 g/mol. The summed E-state index contributed by atoms with van der Waals surface area (Å²) in [7, 11) is 0. The Morgan fingerprint density at radius 2 is 1.70 bits per heavy atom. The van der Waals surface area contributed by atoms with Gasteiger partial charge in [-0.1, -0.05) is 0 Å². The van der Waals surface area contributed by atoms with Gasteiger partial charge >= 0.3 is 6.18 Å². The maximum absolute atomic E-state index is 12.0. The van der Waals surface area contributed by atoms with Crippen LogP contribution in [0, 0.1) is 5.92 Å². The van der Waals surface area contributed by atoms with Crippen molar-refractivity contribution in [1.29, 1.82) is 0 Å². The molecule has 1 rings (SSSR count). The first-order valence-electron chi connectivity index (χ1n) is 3.21. The smallest absolute Gasteiger partial charge is 0.318 e. The molecule has 1 saturated carbocycles. The van der Waals surface area contributed by atoms with E-state index in [0.717, 1.165) is 6.92 Å². The molecule has 0 bridgehead atoms. The van der Waals surface area contributed by atoms with Crippen LogP contribution in [0.1, 0.15) is 19.8 Å². The molecule has 1 aliphatic carbocycles. The summed E-state index contributed by atoms with van der Waals surface area (Å²) in [6.07, 6.45) is -3.01. The second-order valence-electron chi connectivity index (χ2n) is 3.05. The normalized spacial score (nSPS) is 26.1. The fraction of sp³-hybridized carbons (Fsp3) is 1.00. The summed E-state index contributed by atoms with van der Waals surface area (Å²) in [5.41, 5.74) is 3.12. The minimum atomic E-state index is -4.24. The lowest BCUT2D eigenvalue weighted by molar-refractivity contribution is -0.186. The summed E-state index contributed by atoms with van der Waals surface area (Å²) in [4.78, 5) is 0. The van der Waals surface area contributed by atoms with E-state index in [1.165, 1.54) is 0 Å². The summed E-state index contributed by atoms with van der Waals surface area (Å²) in [5.74, 6) is -0.340. The third kappa shape index (κ3) is 1.12. The average Bonchev–Trinajstić information content (AvgIpc) is 2.38. The largest absolute Gasteiger partial charge is 0.406 e. The van der Waals surface area contributed by atoms with Gasteiger partial charge in [0, 0.05) is 0 Å². The molecular weight excluding hydrogens is 143 g/mol. The van der Waals surface area contributed by atoms with E-state index in [4.69, 9.17) is 5.73 Å². The highest BCUT2D eigenvalue weighted by Crippen LogP contribution is 2.46. The number of nitrogens with two attached hydrogens (primary N) is 1. The molecule has 0 aromatic heterocycles. The number of halogens is 3. The molecule has 0 radical (unpaired) electrons. The van der Waals surface area contributed by atoms with Crippen LogP contribution in [-0.4, -0.2) is 11.7 Å². The maximum atomic E-state index is 12.0. The van der Waals surface area contributed by atoms with Crippen LogP contribution in [0.15, 0.2) is 0 Å². The fourth-order valence-electron chi connectivity index (χ4n) is 0.914. The van der Waals surface area contributed by atoms with E-state index >= 15 is 0 Å². The Bertz CT molecular complexity index is 134. The predicted molar refractivity (Wildman–Crippen MR) is 31.4 cm³/mol. The third-order valence-corrected chi connectivity index (χ3v) is 2.04. The molecule has 10 heavy (non-hydrogen) atoms. The van der Waals surface area contributed by atoms with Gasteiger partial charge in [0.15, 0.2) is 0 Å². The van der Waals surface area contributed by atoms with Crippen molar-refractivity contribution in [2.24, 2.45) is 11.7 Å². The van der Waals surface area contributed by atoms with Crippen molar-refractivity contribution in [2.45, 2.75) is 31.5 Å². The third-order valence-electron chi connectivity index (χ3n) is 2.04. The van der Waals surface area contributed by atoms with E-state index in [2.05, 4.69) is 0 Å². The van der Waals surface area contributed by atoms with Gasteiger partial charge in [0.1, 0.15) is 5.54 Å². The molecule has 60 valence electrons. The minimum Gasteiger partial charge on any atom is -0.318 e. The van der Waals surface area contributed by atoms with Crippen LogP contribution in [0.25, 0.3) is 0 Å². The first-order chi connectivity index (χ1) is 4.36. The molecule has 2 N–H and O–H groups in total. The topological polar surface area (TPSA) is 26.0 Å². The standard InChI is InChI=1S/C6H10F3N/c1-5(10,4-2-3-4)6(7,8)9/h4H,2-3,10H2,1H3. The lowest BCUT2D eigenvalue weighted by Gasteiger charge is -2.27. The molecule has 4 heteroatoms. The molecule has 0 amide bonds. The van der Waals surface area contributed by atoms with Gasteiger partial charge in [0.2, 0.25) is 0 Å². The second kappa shape index (κ2) is 1.87. The molecule has 1 nitrogen and oxygen atoms in total. The molecule has 0 spiro atoms. The Balaban J connectivity index is 2.66. The summed E-state index contributed by atoms with van der Waals surface area (Å²) in [6, 6.07) is 0. The predicted octanol–water partition coefficient (Wildman–Crippen LogP) is 1.68. The van der Waals surface area contributed by atoms with Gasteiger partial charge in [0.05, 0.1) is 0 Å². The Morgan fingerprint density at radius 3 is 1.80 bits per heavy atom. The number of hydrogen-bond acceptors (Lipinski definition) is 1. The van der Waals surface area contributed by atoms with Crippen LogP contribution in [0.4, 0.5) is 13.2 Å². The number of alkyl halides is 3. The first kappa shape index (κ1) is 7.85. The zero-order chi connectivity index (χ0) is 7.99. The van der Waals surface area contributed by atoms with Gasteiger partial charge < -0.3 is 5.73 Å². The molecule has 0 aliphatic heterocycles. The Hall–Kier alpha value is -0.250. The Labute approximate surface area is 57.4 Å². The molecule has 1 unspecified atom stereocenters. The Morgan fingerprint density at radius 1 is 1.30 bits per heavy atom. The van der Waals surface area contributed by atoms with Crippen molar-refractivity contribution in [3.8, 4) is 0 Å². The molecule has 0 saturated heterocycles. The van der Waals surface area contributed by atoms with Crippen LogP contribution in [0.5, 0.6) is 0 Å². The molecule has 0 heterocycles. The highest BCUT2D eigenvalue weighted by Gasteiger charge is 2.56. The van der Waals surface area contributed by atoms with Crippen molar-refractivity contribution in [3.05, 3.63) is 0 Å². The summed E-state index contributed by atoms with van der Waals surface area (Å²) in [5, 5.41) is 0. The number of rotatable bonds is 1. The highest BCUT2D eigenvalue weighted by atomic mass is 19.4. The molecule has 0 aromatic rings. The lowest BCUT2D eigenvalue weighted by atomic mass is 9.97. The van der Waals surface area contributed by atoms with Crippen LogP contribution in [0.2, 0.25) is 0 Å². The molecular formula is C6H10F3N. The van der Waals surface area contributed by atoms with Crippen LogP contribution in [-0.2, 0) is 0 Å². The molecule has 0 aromatic carbocycles. The zero-order valence-electron chi connectivity index (χ0n) is 5.70. The quantitative estimate of drug-likeness (QED) is 0.609. The van der Waals surface area contributed by atoms with Gasteiger partial charge in [0.25, 0.3) is 0 Å². The van der Waals surface area contributed by atoms with Crippen molar-refractivity contribution in [3.63, 3.8) is 0 Å². The first-order valence-corrected chi connectivity index (χ1v) is 3.21. The molecule has 1 fully saturated rings. The van der Waals surface area contributed by atoms with Crippen molar-refractivity contribution in [1.82, 2.24) is 0 Å². The molecule has 1 atom stereocenters. The molecule has 1 aliphatic rings. The van der Waals surface area contributed by atoms with Crippen molar-refractivity contribution < 1.29 is 13.2 Å². The van der Waals surface area contributed by atoms with E-state index in [9.17, 15) is 13.2 Å². The SMILES string of the molecule is CC(N)(C1CC1)C(F)(F)F. The van der Waals surface area contributed by atoms with E-state index in [-0.39, 0.29) is 5.92 Å². The van der Waals surface area contributed by atoms with Crippen LogP contribution < -0.4 is 5.73 Å². The van der Waals surface area contributed by atoms with Crippen molar-refractivity contribution in [2.75, 3.05) is 0 Å².